The molecule has 0 spiro atoms. The van der Waals surface area contributed by atoms with Gasteiger partial charge in [0, 0.05) is 36.2 Å². The monoisotopic (exact) mass is 263 g/mol. The number of nitrogens with zero attached hydrogens (tertiary/aromatic N) is 3. The molecular weight excluding hydrogens is 250 g/mol. The van der Waals surface area contributed by atoms with E-state index in [0.29, 0.717) is 0 Å². The van der Waals surface area contributed by atoms with Crippen LogP contribution < -0.4 is 0 Å². The molecule has 0 N–H and O–H groups in total. The second kappa shape index (κ2) is 5.93. The normalized spacial score (nSPS) is 31.0. The maximum atomic E-state index is 5.44. The smallest absolute Gasteiger partial charge is 0.116 e. The molecule has 0 bridgehead atoms. The van der Waals surface area contributed by atoms with Crippen LogP contribution in [0.3, 0.4) is 0 Å². The first-order chi connectivity index (χ1) is 9.93. The second-order valence-electron chi connectivity index (χ2n) is 4.27. The fourth-order valence-electron chi connectivity index (χ4n) is 1.69. The fraction of sp³-hybridized carbons (Fsp3) is 0.0625. The van der Waals surface area contributed by atoms with Crippen molar-refractivity contribution in [2.24, 2.45) is 15.0 Å². The summed E-state index contributed by atoms with van der Waals surface area (Å²) in [5.41, 5.74) is 2.95. The lowest BCUT2D eigenvalue weighted by Gasteiger charge is -1.94. The minimum absolute atomic E-state index is 0.858. The molecule has 20 heavy (non-hydrogen) atoms. The highest BCUT2D eigenvalue weighted by molar-refractivity contribution is 5.86. The van der Waals surface area contributed by atoms with Crippen LogP contribution in [0.15, 0.2) is 86.5 Å². The minimum Gasteiger partial charge on any atom is -0.469 e. The summed E-state index contributed by atoms with van der Waals surface area (Å²) in [6, 6.07) is 0. The van der Waals surface area contributed by atoms with E-state index in [1.165, 1.54) is 6.34 Å². The summed E-state index contributed by atoms with van der Waals surface area (Å²) in [6.07, 6.45) is 20.7. The summed E-state index contributed by atoms with van der Waals surface area (Å²) in [5.74, 6) is 0.966. The third kappa shape index (κ3) is 3.17. The Morgan fingerprint density at radius 1 is 1.05 bits per heavy atom. The molecule has 2 aliphatic carbocycles. The number of aliphatic imine (C=N–C) groups is 3. The Labute approximate surface area is 117 Å². The Morgan fingerprint density at radius 3 is 3.05 bits per heavy atom. The Hall–Kier alpha value is -2.75. The van der Waals surface area contributed by atoms with Gasteiger partial charge < -0.3 is 4.74 Å². The van der Waals surface area contributed by atoms with E-state index in [4.69, 9.17) is 4.74 Å². The van der Waals surface area contributed by atoms with Crippen molar-refractivity contribution in [1.82, 2.24) is 0 Å². The SMILES string of the molecule is C1=C/C2=C\N=C\C3=C(C3)O/C=C/C=C/C=N\C=N\C2=C1. The topological polar surface area (TPSA) is 46.3 Å². The lowest BCUT2D eigenvalue weighted by Crippen LogP contribution is -1.80. The van der Waals surface area contributed by atoms with E-state index in [0.717, 1.165) is 29.0 Å². The van der Waals surface area contributed by atoms with Gasteiger partial charge in [-0.2, -0.15) is 0 Å². The summed E-state index contributed by atoms with van der Waals surface area (Å²) in [6.45, 7) is 0. The molecule has 4 nitrogen and oxygen atoms in total. The molecule has 3 rings (SSSR count). The molecule has 0 unspecified atom stereocenters. The number of hydrogen-bond donors (Lipinski definition) is 0. The van der Waals surface area contributed by atoms with Crippen molar-refractivity contribution in [2.45, 2.75) is 6.42 Å². The molecule has 4 heteroatoms. The van der Waals surface area contributed by atoms with E-state index in [9.17, 15) is 0 Å². The first kappa shape index (κ1) is 12.3. The van der Waals surface area contributed by atoms with Gasteiger partial charge >= 0.3 is 0 Å². The number of rotatable bonds is 0. The summed E-state index contributed by atoms with van der Waals surface area (Å²) in [5, 5.41) is 0. The minimum atomic E-state index is 0.858. The van der Waals surface area contributed by atoms with Gasteiger partial charge in [-0.15, -0.1) is 0 Å². The molecule has 0 fully saturated rings. The first-order valence-corrected chi connectivity index (χ1v) is 6.32. The van der Waals surface area contributed by atoms with E-state index >= 15 is 0 Å². The van der Waals surface area contributed by atoms with Crippen LogP contribution in [0.1, 0.15) is 6.42 Å². The molecule has 1 aliphatic heterocycles. The van der Waals surface area contributed by atoms with Crippen molar-refractivity contribution < 1.29 is 4.74 Å². The standard InChI is InChI=1S/C16H13N3O/c1-2-7-17-12-19-15-6-4-5-13(15)10-18-11-14-9-16(14)20-8-3-1/h1-8,10-12H,9H2/b2-1+,8-3+,13-10+,17-7-,18-11+,19-12+. The molecule has 0 saturated carbocycles. The number of hydrogen-bond acceptors (Lipinski definition) is 4. The van der Waals surface area contributed by atoms with Gasteiger partial charge in [-0.3, -0.25) is 4.99 Å². The second-order valence-corrected chi connectivity index (χ2v) is 4.27. The van der Waals surface area contributed by atoms with Crippen molar-refractivity contribution >= 4 is 18.8 Å². The lowest BCUT2D eigenvalue weighted by atomic mass is 10.3. The van der Waals surface area contributed by atoms with Crippen molar-refractivity contribution in [2.75, 3.05) is 0 Å². The Kier molecular flexibility index (Phi) is 3.64. The molecule has 0 amide bonds. The van der Waals surface area contributed by atoms with Crippen molar-refractivity contribution in [1.29, 1.82) is 0 Å². The molecular formula is C16H13N3O. The van der Waals surface area contributed by atoms with Crippen LogP contribution in [-0.2, 0) is 4.74 Å². The third-order valence-electron chi connectivity index (χ3n) is 2.80. The Balaban J connectivity index is 1.83. The molecule has 3 aliphatic rings. The highest BCUT2D eigenvalue weighted by atomic mass is 16.5. The maximum Gasteiger partial charge on any atom is 0.116 e. The predicted octanol–water partition coefficient (Wildman–Crippen LogP) is 3.25. The van der Waals surface area contributed by atoms with Gasteiger partial charge in [0.1, 0.15) is 12.1 Å². The molecule has 0 aromatic rings. The molecule has 98 valence electrons. The van der Waals surface area contributed by atoms with E-state index < -0.39 is 0 Å². The molecule has 0 atom stereocenters. The number of ether oxygens (including phenoxy) is 1. The van der Waals surface area contributed by atoms with Gasteiger partial charge in [-0.05, 0) is 18.2 Å². The molecule has 1 heterocycles. The molecule has 0 aromatic carbocycles. The highest BCUT2D eigenvalue weighted by Gasteiger charge is 2.20. The van der Waals surface area contributed by atoms with Crippen LogP contribution in [0.5, 0.6) is 0 Å². The predicted molar refractivity (Wildman–Crippen MR) is 81.8 cm³/mol. The van der Waals surface area contributed by atoms with Gasteiger partial charge in [0.15, 0.2) is 0 Å². The van der Waals surface area contributed by atoms with E-state index in [2.05, 4.69) is 15.0 Å². The summed E-state index contributed by atoms with van der Waals surface area (Å²) in [7, 11) is 0. The van der Waals surface area contributed by atoms with Crippen molar-refractivity contribution in [3.05, 3.63) is 71.5 Å². The lowest BCUT2D eigenvalue weighted by molar-refractivity contribution is 0.371. The van der Waals surface area contributed by atoms with Crippen LogP contribution in [0.25, 0.3) is 0 Å². The van der Waals surface area contributed by atoms with Crippen LogP contribution >= 0.6 is 0 Å². The van der Waals surface area contributed by atoms with Crippen molar-refractivity contribution in [3.63, 3.8) is 0 Å². The van der Waals surface area contributed by atoms with E-state index in [-0.39, 0.29) is 0 Å². The van der Waals surface area contributed by atoms with Gasteiger partial charge in [-0.1, -0.05) is 18.2 Å². The number of fused-ring (bicyclic) bond motifs is 1. The zero-order valence-corrected chi connectivity index (χ0v) is 10.8. The molecule has 0 radical (unpaired) electrons. The Bertz CT molecular complexity index is 668. The average Bonchev–Trinajstić information content (AvgIpc) is 3.03. The van der Waals surface area contributed by atoms with Crippen molar-refractivity contribution in [3.8, 4) is 0 Å². The van der Waals surface area contributed by atoms with E-state index in [1.54, 1.807) is 18.7 Å². The zero-order chi connectivity index (χ0) is 13.6. The largest absolute Gasteiger partial charge is 0.469 e. The average molecular weight is 263 g/mol. The van der Waals surface area contributed by atoms with Crippen LogP contribution in [0.4, 0.5) is 0 Å². The van der Waals surface area contributed by atoms with Crippen LogP contribution in [0.2, 0.25) is 0 Å². The summed E-state index contributed by atoms with van der Waals surface area (Å²) >= 11 is 0. The zero-order valence-electron chi connectivity index (χ0n) is 10.8. The Morgan fingerprint density at radius 2 is 2.05 bits per heavy atom. The van der Waals surface area contributed by atoms with Gasteiger partial charge in [0.25, 0.3) is 0 Å². The van der Waals surface area contributed by atoms with Gasteiger partial charge in [0.05, 0.1) is 12.0 Å². The fourth-order valence-corrected chi connectivity index (χ4v) is 1.69. The first-order valence-electron chi connectivity index (χ1n) is 6.32. The number of allylic oxidation sites excluding steroid dienone is 8. The van der Waals surface area contributed by atoms with Gasteiger partial charge in [-0.25, -0.2) is 9.98 Å². The molecule has 0 saturated heterocycles. The van der Waals surface area contributed by atoms with Crippen LogP contribution in [0, 0.1) is 0 Å². The molecule has 0 aromatic heterocycles. The summed E-state index contributed by atoms with van der Waals surface area (Å²) < 4.78 is 5.44. The van der Waals surface area contributed by atoms with Crippen LogP contribution in [-0.4, -0.2) is 18.8 Å². The third-order valence-corrected chi connectivity index (χ3v) is 2.80. The van der Waals surface area contributed by atoms with Gasteiger partial charge in [0.2, 0.25) is 0 Å². The summed E-state index contributed by atoms with van der Waals surface area (Å²) in [4.78, 5) is 12.7. The quantitative estimate of drug-likeness (QED) is 0.661. The maximum absolute atomic E-state index is 5.44. The highest BCUT2D eigenvalue weighted by Crippen LogP contribution is 2.30. The van der Waals surface area contributed by atoms with E-state index in [1.807, 2.05) is 42.7 Å².